The number of fused-ring (bicyclic) bond motifs is 1. The number of nitrogens with zero attached hydrogens (tertiary/aromatic N) is 3. The maximum absolute atomic E-state index is 12.5. The minimum absolute atomic E-state index is 0.182. The average Bonchev–Trinajstić information content (AvgIpc) is 3.16. The van der Waals surface area contributed by atoms with Gasteiger partial charge in [0.05, 0.1) is 10.6 Å². The zero-order chi connectivity index (χ0) is 22.0. The van der Waals surface area contributed by atoms with E-state index in [1.54, 1.807) is 12.3 Å². The molecule has 2 aromatic carbocycles. The third kappa shape index (κ3) is 4.81. The number of non-ortho nitro benzene ring substituents is 1. The number of rotatable bonds is 6. The van der Waals surface area contributed by atoms with Gasteiger partial charge in [0.2, 0.25) is 5.91 Å². The number of thiazole rings is 1. The van der Waals surface area contributed by atoms with E-state index in [9.17, 15) is 19.7 Å². The van der Waals surface area contributed by atoms with E-state index in [1.165, 1.54) is 34.4 Å². The number of carbonyl (C=O) groups is 2. The topological polar surface area (TPSA) is 115 Å². The molecule has 2 amide bonds. The van der Waals surface area contributed by atoms with Gasteiger partial charge in [-0.1, -0.05) is 23.7 Å². The number of amides is 2. The first kappa shape index (κ1) is 20.8. The number of halogens is 1. The van der Waals surface area contributed by atoms with Crippen molar-refractivity contribution in [1.82, 2.24) is 4.98 Å². The molecule has 0 fully saturated rings. The molecule has 4 rings (SSSR count). The normalized spacial score (nSPS) is 12.8. The van der Waals surface area contributed by atoms with Crippen molar-refractivity contribution in [3.05, 3.63) is 74.2 Å². The van der Waals surface area contributed by atoms with Gasteiger partial charge in [-0.15, -0.1) is 11.3 Å². The second-order valence-corrected chi connectivity index (χ2v) is 8.22. The van der Waals surface area contributed by atoms with E-state index in [0.717, 1.165) is 10.4 Å². The van der Waals surface area contributed by atoms with Crippen LogP contribution in [0, 0.1) is 10.1 Å². The number of nitrogens with one attached hydrogen (secondary N) is 1. The first-order valence-corrected chi connectivity index (χ1v) is 10.3. The van der Waals surface area contributed by atoms with Gasteiger partial charge in [-0.2, -0.15) is 0 Å². The summed E-state index contributed by atoms with van der Waals surface area (Å²) in [5.41, 5.74) is 1.00. The van der Waals surface area contributed by atoms with Crippen LogP contribution < -0.4 is 15.0 Å². The van der Waals surface area contributed by atoms with Gasteiger partial charge < -0.3 is 10.1 Å². The van der Waals surface area contributed by atoms with Crippen molar-refractivity contribution in [2.75, 3.05) is 23.4 Å². The highest BCUT2D eigenvalue weighted by molar-refractivity contribution is 7.15. The van der Waals surface area contributed by atoms with Gasteiger partial charge in [-0.25, -0.2) is 4.98 Å². The smallest absolute Gasteiger partial charge is 0.271 e. The van der Waals surface area contributed by atoms with Crippen molar-refractivity contribution in [2.24, 2.45) is 0 Å². The van der Waals surface area contributed by atoms with Crippen molar-refractivity contribution in [3.8, 4) is 5.75 Å². The second kappa shape index (κ2) is 8.70. The van der Waals surface area contributed by atoms with E-state index < -0.39 is 16.7 Å². The minimum atomic E-state index is -0.575. The maximum Gasteiger partial charge on any atom is 0.271 e. The van der Waals surface area contributed by atoms with Crippen LogP contribution in [0.3, 0.4) is 0 Å². The Hall–Kier alpha value is -3.50. The van der Waals surface area contributed by atoms with Crippen molar-refractivity contribution in [1.29, 1.82) is 0 Å². The Morgan fingerprint density at radius 3 is 2.94 bits per heavy atom. The van der Waals surface area contributed by atoms with Crippen LogP contribution in [0.4, 0.5) is 16.5 Å². The van der Waals surface area contributed by atoms with Crippen LogP contribution in [0.1, 0.15) is 10.4 Å². The van der Waals surface area contributed by atoms with Crippen LogP contribution in [-0.4, -0.2) is 34.9 Å². The molecule has 0 aliphatic carbocycles. The van der Waals surface area contributed by atoms with Crippen LogP contribution in [0.2, 0.25) is 5.02 Å². The van der Waals surface area contributed by atoms with Crippen LogP contribution in [0.25, 0.3) is 0 Å². The predicted octanol–water partition coefficient (Wildman–Crippen LogP) is 3.66. The molecule has 0 unspecified atom stereocenters. The third-order valence-electron chi connectivity index (χ3n) is 4.47. The molecule has 0 saturated heterocycles. The molecule has 1 aliphatic heterocycles. The van der Waals surface area contributed by atoms with Crippen molar-refractivity contribution in [3.63, 3.8) is 0 Å². The monoisotopic (exact) mass is 458 g/mol. The third-order valence-corrected chi connectivity index (χ3v) is 5.61. The number of nitro benzene ring substituents is 1. The molecule has 1 aliphatic rings. The standard InChI is InChI=1S/C20H15ClN4O5S/c21-13-3-1-2-12(6-13)7-15-9-22-20(31-15)23-18(26)10-24-16-8-14(25(28)29)4-5-17(16)30-11-19(24)27/h1-6,8-9H,7,10-11H2,(H,22,23,26). The van der Waals surface area contributed by atoms with Gasteiger partial charge in [0, 0.05) is 34.7 Å². The molecule has 11 heteroatoms. The van der Waals surface area contributed by atoms with Gasteiger partial charge in [-0.05, 0) is 23.8 Å². The van der Waals surface area contributed by atoms with E-state index in [1.807, 2.05) is 18.2 Å². The fraction of sp³-hybridized carbons (Fsp3) is 0.150. The van der Waals surface area contributed by atoms with Crippen molar-refractivity contribution < 1.29 is 19.2 Å². The summed E-state index contributed by atoms with van der Waals surface area (Å²) >= 11 is 7.32. The zero-order valence-electron chi connectivity index (χ0n) is 15.9. The number of hydrogen-bond donors (Lipinski definition) is 1. The van der Waals surface area contributed by atoms with Crippen LogP contribution >= 0.6 is 22.9 Å². The van der Waals surface area contributed by atoms with Gasteiger partial charge in [0.1, 0.15) is 12.3 Å². The van der Waals surface area contributed by atoms with E-state index in [-0.39, 0.29) is 24.5 Å². The molecule has 158 valence electrons. The number of benzene rings is 2. The Morgan fingerprint density at radius 2 is 2.16 bits per heavy atom. The number of nitro groups is 1. The summed E-state index contributed by atoms with van der Waals surface area (Å²) in [4.78, 5) is 41.6. The lowest BCUT2D eigenvalue weighted by atomic mass is 10.1. The zero-order valence-corrected chi connectivity index (χ0v) is 17.5. The van der Waals surface area contributed by atoms with Crippen molar-refractivity contribution in [2.45, 2.75) is 6.42 Å². The number of hydrogen-bond acceptors (Lipinski definition) is 7. The first-order valence-electron chi connectivity index (χ1n) is 9.09. The fourth-order valence-electron chi connectivity index (χ4n) is 3.07. The van der Waals surface area contributed by atoms with E-state index in [2.05, 4.69) is 10.3 Å². The lowest BCUT2D eigenvalue weighted by molar-refractivity contribution is -0.384. The molecular formula is C20H15ClN4O5S. The molecule has 0 saturated carbocycles. The highest BCUT2D eigenvalue weighted by Crippen LogP contribution is 2.35. The Bertz CT molecular complexity index is 1180. The Kier molecular flexibility index (Phi) is 5.83. The SMILES string of the molecule is O=C(CN1C(=O)COc2ccc([N+](=O)[O-])cc21)Nc1ncc(Cc2cccc(Cl)c2)s1. The van der Waals surface area contributed by atoms with E-state index in [4.69, 9.17) is 16.3 Å². The molecule has 0 bridgehead atoms. The lowest BCUT2D eigenvalue weighted by Crippen LogP contribution is -2.43. The van der Waals surface area contributed by atoms with E-state index >= 15 is 0 Å². The summed E-state index contributed by atoms with van der Waals surface area (Å²) in [5.74, 6) is -0.642. The molecule has 1 aromatic heterocycles. The number of aromatic nitrogens is 1. The van der Waals surface area contributed by atoms with Crippen LogP contribution in [0.15, 0.2) is 48.7 Å². The molecule has 3 aromatic rings. The van der Waals surface area contributed by atoms with Crippen LogP contribution in [-0.2, 0) is 16.0 Å². The summed E-state index contributed by atoms with van der Waals surface area (Å²) in [5, 5.41) is 14.8. The summed E-state index contributed by atoms with van der Waals surface area (Å²) in [6.45, 7) is -0.571. The summed E-state index contributed by atoms with van der Waals surface area (Å²) < 4.78 is 5.30. The molecule has 0 atom stereocenters. The molecule has 9 nitrogen and oxygen atoms in total. The molecule has 31 heavy (non-hydrogen) atoms. The summed E-state index contributed by atoms with van der Waals surface area (Å²) in [6, 6.07) is 11.4. The number of ether oxygens (including phenoxy) is 1. The largest absolute Gasteiger partial charge is 0.482 e. The van der Waals surface area contributed by atoms with Gasteiger partial charge in [-0.3, -0.25) is 24.6 Å². The number of anilines is 2. The van der Waals surface area contributed by atoms with Gasteiger partial charge >= 0.3 is 0 Å². The highest BCUT2D eigenvalue weighted by atomic mass is 35.5. The lowest BCUT2D eigenvalue weighted by Gasteiger charge is -2.28. The average molecular weight is 459 g/mol. The summed E-state index contributed by atoms with van der Waals surface area (Å²) in [6.07, 6.45) is 2.28. The fourth-order valence-corrected chi connectivity index (χ4v) is 4.15. The Labute approximate surface area is 185 Å². The molecular weight excluding hydrogens is 444 g/mol. The van der Waals surface area contributed by atoms with Crippen LogP contribution in [0.5, 0.6) is 5.75 Å². The second-order valence-electron chi connectivity index (χ2n) is 6.66. The summed E-state index contributed by atoms with van der Waals surface area (Å²) in [7, 11) is 0. The molecule has 0 radical (unpaired) electrons. The Morgan fingerprint density at radius 1 is 1.32 bits per heavy atom. The highest BCUT2D eigenvalue weighted by Gasteiger charge is 2.29. The van der Waals surface area contributed by atoms with Gasteiger partial charge in [0.15, 0.2) is 11.7 Å². The molecule has 2 heterocycles. The van der Waals surface area contributed by atoms with Crippen molar-refractivity contribution >= 4 is 51.3 Å². The van der Waals surface area contributed by atoms with Gasteiger partial charge in [0.25, 0.3) is 11.6 Å². The maximum atomic E-state index is 12.5. The quantitative estimate of drug-likeness (QED) is 0.445. The first-order chi connectivity index (χ1) is 14.9. The number of carbonyl (C=O) groups excluding carboxylic acids is 2. The Balaban J connectivity index is 1.45. The van der Waals surface area contributed by atoms with E-state index in [0.29, 0.717) is 22.3 Å². The predicted molar refractivity (Wildman–Crippen MR) is 116 cm³/mol. The molecule has 1 N–H and O–H groups in total. The molecule has 0 spiro atoms. The minimum Gasteiger partial charge on any atom is -0.482 e.